The predicted octanol–water partition coefficient (Wildman–Crippen LogP) is 5.94. The first-order valence-corrected chi connectivity index (χ1v) is 11.4. The summed E-state index contributed by atoms with van der Waals surface area (Å²) in [7, 11) is 0. The topological polar surface area (TPSA) is 43.4 Å². The van der Waals surface area contributed by atoms with E-state index < -0.39 is 5.92 Å². The molecule has 0 bridgehead atoms. The Labute approximate surface area is 185 Å². The number of Topliss-reactive ketones (excluding diaryl/α,β-unsaturated/α-hetero) is 2. The molecule has 0 heterocycles. The fourth-order valence-electron chi connectivity index (χ4n) is 5.28. The minimum absolute atomic E-state index is 0.0162. The molecule has 0 N–H and O–H groups in total. The number of ether oxygens (including phenoxy) is 1. The Morgan fingerprint density at radius 2 is 1.58 bits per heavy atom. The van der Waals surface area contributed by atoms with Crippen molar-refractivity contribution >= 4 is 11.6 Å². The zero-order chi connectivity index (χ0) is 22.0. The Morgan fingerprint density at radius 1 is 0.935 bits per heavy atom. The maximum absolute atomic E-state index is 13.2. The molecule has 2 saturated carbocycles. The van der Waals surface area contributed by atoms with Gasteiger partial charge in [0.15, 0.2) is 11.6 Å². The van der Waals surface area contributed by atoms with E-state index in [1.54, 1.807) is 0 Å². The lowest BCUT2D eigenvalue weighted by molar-refractivity contribution is -0.123. The number of benzene rings is 2. The van der Waals surface area contributed by atoms with Gasteiger partial charge < -0.3 is 4.74 Å². The van der Waals surface area contributed by atoms with Crippen LogP contribution in [0.1, 0.15) is 65.8 Å². The van der Waals surface area contributed by atoms with Gasteiger partial charge in [0.2, 0.25) is 0 Å². The van der Waals surface area contributed by atoms with Crippen LogP contribution in [0.25, 0.3) is 0 Å². The first-order chi connectivity index (χ1) is 14.9. The highest BCUT2D eigenvalue weighted by Crippen LogP contribution is 2.38. The minimum Gasteiger partial charge on any atom is -0.374 e. The molecule has 4 rings (SSSR count). The van der Waals surface area contributed by atoms with Gasteiger partial charge in [0.1, 0.15) is 5.92 Å². The van der Waals surface area contributed by atoms with E-state index in [2.05, 4.69) is 30.3 Å². The van der Waals surface area contributed by atoms with Crippen molar-refractivity contribution in [1.82, 2.24) is 0 Å². The van der Waals surface area contributed by atoms with Crippen molar-refractivity contribution in [2.75, 3.05) is 0 Å². The average molecular weight is 417 g/mol. The van der Waals surface area contributed by atoms with Crippen molar-refractivity contribution in [3.8, 4) is 0 Å². The molecular formula is C28H32O3. The van der Waals surface area contributed by atoms with Crippen LogP contribution in [-0.2, 0) is 20.9 Å². The number of carbonyl (C=O) groups is 2. The number of carbonyl (C=O) groups excluding carboxylic acids is 2. The minimum atomic E-state index is -0.614. The van der Waals surface area contributed by atoms with Gasteiger partial charge in [-0.3, -0.25) is 9.59 Å². The molecule has 1 unspecified atom stereocenters. The second-order valence-electron chi connectivity index (χ2n) is 9.28. The SMILES string of the molecule is Cc1cc(C)c(C2C(=O)CC(=CC3CCC(OCc4ccccc4)CC3)C2=O)c(C)c1. The third-order valence-corrected chi connectivity index (χ3v) is 6.78. The summed E-state index contributed by atoms with van der Waals surface area (Å²) in [4.78, 5) is 26.0. The van der Waals surface area contributed by atoms with Crippen molar-refractivity contribution in [3.05, 3.63) is 81.9 Å². The summed E-state index contributed by atoms with van der Waals surface area (Å²) in [5, 5.41) is 0. The maximum Gasteiger partial charge on any atom is 0.173 e. The summed E-state index contributed by atoms with van der Waals surface area (Å²) in [6.45, 7) is 6.72. The monoisotopic (exact) mass is 416 g/mol. The Balaban J connectivity index is 1.38. The lowest BCUT2D eigenvalue weighted by Crippen LogP contribution is -2.21. The Kier molecular flexibility index (Phi) is 6.52. The Hall–Kier alpha value is -2.52. The molecule has 2 aromatic carbocycles. The molecule has 2 aromatic rings. The quantitative estimate of drug-likeness (QED) is 0.447. The van der Waals surface area contributed by atoms with Gasteiger partial charge in [0, 0.05) is 6.42 Å². The van der Waals surface area contributed by atoms with Crippen LogP contribution in [0.5, 0.6) is 0 Å². The molecule has 31 heavy (non-hydrogen) atoms. The van der Waals surface area contributed by atoms with Gasteiger partial charge in [-0.15, -0.1) is 0 Å². The summed E-state index contributed by atoms with van der Waals surface area (Å²) < 4.78 is 6.09. The largest absolute Gasteiger partial charge is 0.374 e. The molecule has 2 aliphatic rings. The molecule has 3 nitrogen and oxygen atoms in total. The molecule has 0 amide bonds. The fourth-order valence-corrected chi connectivity index (χ4v) is 5.28. The highest BCUT2D eigenvalue weighted by molar-refractivity contribution is 6.23. The van der Waals surface area contributed by atoms with Gasteiger partial charge in [0.05, 0.1) is 12.7 Å². The zero-order valence-corrected chi connectivity index (χ0v) is 18.8. The van der Waals surface area contributed by atoms with Crippen molar-refractivity contribution in [2.45, 2.75) is 71.5 Å². The van der Waals surface area contributed by atoms with E-state index in [-0.39, 0.29) is 24.1 Å². The first-order valence-electron chi connectivity index (χ1n) is 11.4. The molecule has 1 atom stereocenters. The molecule has 162 valence electrons. The van der Waals surface area contributed by atoms with Gasteiger partial charge in [-0.2, -0.15) is 0 Å². The predicted molar refractivity (Wildman–Crippen MR) is 123 cm³/mol. The van der Waals surface area contributed by atoms with Crippen molar-refractivity contribution < 1.29 is 14.3 Å². The van der Waals surface area contributed by atoms with Crippen LogP contribution < -0.4 is 0 Å². The smallest absolute Gasteiger partial charge is 0.173 e. The van der Waals surface area contributed by atoms with E-state index >= 15 is 0 Å². The number of hydrogen-bond donors (Lipinski definition) is 0. The highest BCUT2D eigenvalue weighted by atomic mass is 16.5. The van der Waals surface area contributed by atoms with E-state index in [0.717, 1.165) is 47.9 Å². The van der Waals surface area contributed by atoms with E-state index in [1.807, 2.05) is 39.0 Å². The molecule has 3 heteroatoms. The first kappa shape index (κ1) is 21.7. The van der Waals surface area contributed by atoms with Crippen LogP contribution in [0, 0.1) is 26.7 Å². The number of aryl methyl sites for hydroxylation is 3. The molecule has 2 fully saturated rings. The summed E-state index contributed by atoms with van der Waals surface area (Å²) in [5.74, 6) is -0.187. The van der Waals surface area contributed by atoms with E-state index in [0.29, 0.717) is 12.5 Å². The number of hydrogen-bond acceptors (Lipinski definition) is 3. The number of ketones is 2. The molecule has 0 aromatic heterocycles. The lowest BCUT2D eigenvalue weighted by Gasteiger charge is -2.27. The molecule has 2 aliphatic carbocycles. The van der Waals surface area contributed by atoms with E-state index in [4.69, 9.17) is 4.74 Å². The zero-order valence-electron chi connectivity index (χ0n) is 18.8. The second-order valence-corrected chi connectivity index (χ2v) is 9.28. The number of allylic oxidation sites excluding steroid dienone is 2. The summed E-state index contributed by atoms with van der Waals surface area (Å²) in [6, 6.07) is 14.4. The van der Waals surface area contributed by atoms with Gasteiger partial charge in [-0.1, -0.05) is 54.1 Å². The summed E-state index contributed by atoms with van der Waals surface area (Å²) in [6.07, 6.45) is 6.69. The second kappa shape index (κ2) is 9.32. The van der Waals surface area contributed by atoms with E-state index in [9.17, 15) is 9.59 Å². The highest BCUT2D eigenvalue weighted by Gasteiger charge is 2.40. The number of rotatable bonds is 5. The average Bonchev–Trinajstić information content (AvgIpc) is 3.01. The van der Waals surface area contributed by atoms with Crippen LogP contribution in [0.15, 0.2) is 54.1 Å². The summed E-state index contributed by atoms with van der Waals surface area (Å²) in [5.41, 5.74) is 6.10. The van der Waals surface area contributed by atoms with Crippen molar-refractivity contribution in [3.63, 3.8) is 0 Å². The van der Waals surface area contributed by atoms with Crippen LogP contribution in [0.4, 0.5) is 0 Å². The van der Waals surface area contributed by atoms with Gasteiger partial charge >= 0.3 is 0 Å². The van der Waals surface area contributed by atoms with Crippen LogP contribution in [0.3, 0.4) is 0 Å². The Morgan fingerprint density at radius 3 is 2.23 bits per heavy atom. The van der Waals surface area contributed by atoms with Crippen LogP contribution >= 0.6 is 0 Å². The van der Waals surface area contributed by atoms with Crippen molar-refractivity contribution in [2.24, 2.45) is 5.92 Å². The molecule has 0 radical (unpaired) electrons. The maximum atomic E-state index is 13.2. The Bertz CT molecular complexity index is 971. The van der Waals surface area contributed by atoms with Gasteiger partial charge in [-0.25, -0.2) is 0 Å². The van der Waals surface area contributed by atoms with Crippen LogP contribution in [-0.4, -0.2) is 17.7 Å². The third kappa shape index (κ3) is 4.88. The standard InChI is InChI=1S/C28H32O3/c1-18-13-19(2)26(20(3)14-18)27-25(29)16-23(28(27)30)15-21-9-11-24(12-10-21)31-17-22-7-5-4-6-8-22/h4-8,13-15,21,24,27H,9-12,16-17H2,1-3H3. The molecule has 0 saturated heterocycles. The molecular weight excluding hydrogens is 384 g/mol. The fraction of sp³-hybridized carbons (Fsp3) is 0.429. The molecule has 0 spiro atoms. The normalized spacial score (nSPS) is 25.4. The van der Waals surface area contributed by atoms with Gasteiger partial charge in [0.25, 0.3) is 0 Å². The van der Waals surface area contributed by atoms with Crippen molar-refractivity contribution in [1.29, 1.82) is 0 Å². The van der Waals surface area contributed by atoms with E-state index in [1.165, 1.54) is 11.1 Å². The third-order valence-electron chi connectivity index (χ3n) is 6.78. The van der Waals surface area contributed by atoms with Crippen LogP contribution in [0.2, 0.25) is 0 Å². The molecule has 0 aliphatic heterocycles. The van der Waals surface area contributed by atoms with Gasteiger partial charge in [-0.05, 0) is 80.2 Å². The lowest BCUT2D eigenvalue weighted by atomic mass is 9.84. The summed E-state index contributed by atoms with van der Waals surface area (Å²) >= 11 is 0.